The monoisotopic (exact) mass is 237 g/mol. The summed E-state index contributed by atoms with van der Waals surface area (Å²) in [7, 11) is 0. The third-order valence-electron chi connectivity index (χ3n) is 3.35. The summed E-state index contributed by atoms with van der Waals surface area (Å²) in [6.45, 7) is 5.44. The molecule has 94 valence electrons. The third kappa shape index (κ3) is 3.06. The number of nitrogens with zero attached hydrogens (tertiary/aromatic N) is 3. The summed E-state index contributed by atoms with van der Waals surface area (Å²) in [4.78, 5) is 12.9. The van der Waals surface area contributed by atoms with Crippen LogP contribution in [0.3, 0.4) is 0 Å². The van der Waals surface area contributed by atoms with Crippen LogP contribution in [0.4, 0.5) is 0 Å². The van der Waals surface area contributed by atoms with Crippen molar-refractivity contribution in [2.75, 3.05) is 19.6 Å². The second-order valence-corrected chi connectivity index (χ2v) is 4.56. The lowest BCUT2D eigenvalue weighted by atomic mass is 10.2. The molecule has 1 aliphatic heterocycles. The van der Waals surface area contributed by atoms with E-state index in [2.05, 4.69) is 16.9 Å². The standard InChI is InChI=1S/C12H19N3O2/c1-2-14-6-5-11(9-14)15-8-10(7-13-15)3-4-12(16)17/h7-8,11H,2-6,9H2,1H3,(H,16,17). The van der Waals surface area contributed by atoms with E-state index in [-0.39, 0.29) is 6.42 Å². The van der Waals surface area contributed by atoms with Gasteiger partial charge >= 0.3 is 5.97 Å². The van der Waals surface area contributed by atoms with Crippen LogP contribution in [0.1, 0.15) is 31.4 Å². The first-order valence-corrected chi connectivity index (χ1v) is 6.16. The smallest absolute Gasteiger partial charge is 0.303 e. The minimum absolute atomic E-state index is 0.178. The number of likely N-dealkylation sites (tertiary alicyclic amines) is 1. The zero-order valence-corrected chi connectivity index (χ0v) is 10.2. The quantitative estimate of drug-likeness (QED) is 0.835. The number of carboxylic acid groups (broad SMARTS) is 1. The van der Waals surface area contributed by atoms with Crippen molar-refractivity contribution < 1.29 is 9.90 Å². The van der Waals surface area contributed by atoms with Crippen molar-refractivity contribution in [2.45, 2.75) is 32.2 Å². The second kappa shape index (κ2) is 5.31. The van der Waals surface area contributed by atoms with Crippen molar-refractivity contribution >= 4 is 5.97 Å². The summed E-state index contributed by atoms with van der Waals surface area (Å²) >= 11 is 0. The number of hydrogen-bond donors (Lipinski definition) is 1. The number of likely N-dealkylation sites (N-methyl/N-ethyl adjacent to an activating group) is 1. The van der Waals surface area contributed by atoms with E-state index in [1.807, 2.05) is 10.9 Å². The molecule has 1 aromatic heterocycles. The highest BCUT2D eigenvalue weighted by molar-refractivity contribution is 5.67. The molecule has 0 saturated carbocycles. The molecule has 1 aliphatic rings. The van der Waals surface area contributed by atoms with Crippen molar-refractivity contribution in [2.24, 2.45) is 0 Å². The Morgan fingerprint density at radius 1 is 1.65 bits per heavy atom. The molecule has 1 N–H and O–H groups in total. The van der Waals surface area contributed by atoms with Gasteiger partial charge in [-0.2, -0.15) is 5.10 Å². The van der Waals surface area contributed by atoms with Gasteiger partial charge in [0.2, 0.25) is 0 Å². The van der Waals surface area contributed by atoms with E-state index >= 15 is 0 Å². The highest BCUT2D eigenvalue weighted by atomic mass is 16.4. The second-order valence-electron chi connectivity index (χ2n) is 4.56. The Hall–Kier alpha value is -1.36. The van der Waals surface area contributed by atoms with Crippen LogP contribution in [0.5, 0.6) is 0 Å². The predicted molar refractivity (Wildman–Crippen MR) is 64.0 cm³/mol. The van der Waals surface area contributed by atoms with E-state index < -0.39 is 5.97 Å². The summed E-state index contributed by atoms with van der Waals surface area (Å²) in [6.07, 6.45) is 5.66. The van der Waals surface area contributed by atoms with E-state index in [0.29, 0.717) is 12.5 Å². The van der Waals surface area contributed by atoms with E-state index in [4.69, 9.17) is 5.11 Å². The lowest BCUT2D eigenvalue weighted by Crippen LogP contribution is -2.21. The number of carbonyl (C=O) groups is 1. The molecule has 1 saturated heterocycles. The molecular formula is C12H19N3O2. The number of aromatic nitrogens is 2. The van der Waals surface area contributed by atoms with Crippen LogP contribution >= 0.6 is 0 Å². The summed E-state index contributed by atoms with van der Waals surface area (Å²) in [5.41, 5.74) is 1.02. The van der Waals surface area contributed by atoms with Crippen LogP contribution in [0.2, 0.25) is 0 Å². The highest BCUT2D eigenvalue weighted by Crippen LogP contribution is 2.20. The molecule has 0 radical (unpaired) electrons. The largest absolute Gasteiger partial charge is 0.481 e. The van der Waals surface area contributed by atoms with Crippen molar-refractivity contribution in [3.63, 3.8) is 0 Å². The molecule has 5 heteroatoms. The molecule has 1 fully saturated rings. The molecule has 0 spiro atoms. The first-order valence-electron chi connectivity index (χ1n) is 6.16. The van der Waals surface area contributed by atoms with Gasteiger partial charge in [-0.05, 0) is 24.9 Å². The van der Waals surface area contributed by atoms with Crippen LogP contribution in [-0.2, 0) is 11.2 Å². The average Bonchev–Trinajstić information content (AvgIpc) is 2.94. The maximum Gasteiger partial charge on any atom is 0.303 e. The van der Waals surface area contributed by atoms with Gasteiger partial charge in [0, 0.05) is 25.7 Å². The normalized spacial score (nSPS) is 20.9. The summed E-state index contributed by atoms with van der Waals surface area (Å²) in [5.74, 6) is -0.754. The van der Waals surface area contributed by atoms with Crippen molar-refractivity contribution in [1.29, 1.82) is 0 Å². The van der Waals surface area contributed by atoms with Crippen LogP contribution in [-0.4, -0.2) is 45.4 Å². The van der Waals surface area contributed by atoms with Gasteiger partial charge in [0.25, 0.3) is 0 Å². The molecule has 2 heterocycles. The van der Waals surface area contributed by atoms with Crippen molar-refractivity contribution in [3.05, 3.63) is 18.0 Å². The summed E-state index contributed by atoms with van der Waals surface area (Å²) in [6, 6.07) is 0.452. The zero-order chi connectivity index (χ0) is 12.3. The SMILES string of the molecule is CCN1CCC(n2cc(CCC(=O)O)cn2)C1. The van der Waals surface area contributed by atoms with E-state index in [9.17, 15) is 4.79 Å². The molecule has 0 aromatic carbocycles. The predicted octanol–water partition coefficient (Wildman–Crippen LogP) is 1.17. The number of hydrogen-bond acceptors (Lipinski definition) is 3. The molecule has 1 atom stereocenters. The van der Waals surface area contributed by atoms with Crippen molar-refractivity contribution in [3.8, 4) is 0 Å². The zero-order valence-electron chi connectivity index (χ0n) is 10.2. The van der Waals surface area contributed by atoms with Crippen LogP contribution in [0.15, 0.2) is 12.4 Å². The topological polar surface area (TPSA) is 58.4 Å². The van der Waals surface area contributed by atoms with E-state index in [0.717, 1.165) is 31.6 Å². The number of aryl methyl sites for hydroxylation is 1. The van der Waals surface area contributed by atoms with Crippen LogP contribution < -0.4 is 0 Å². The fraction of sp³-hybridized carbons (Fsp3) is 0.667. The Kier molecular flexibility index (Phi) is 3.78. The highest BCUT2D eigenvalue weighted by Gasteiger charge is 2.23. The number of rotatable bonds is 5. The van der Waals surface area contributed by atoms with Gasteiger partial charge in [-0.3, -0.25) is 9.48 Å². The molecule has 17 heavy (non-hydrogen) atoms. The Morgan fingerprint density at radius 2 is 2.47 bits per heavy atom. The average molecular weight is 237 g/mol. The van der Waals surface area contributed by atoms with Gasteiger partial charge in [-0.1, -0.05) is 6.92 Å². The number of carboxylic acids is 1. The molecule has 1 aromatic rings. The van der Waals surface area contributed by atoms with E-state index in [1.54, 1.807) is 6.20 Å². The van der Waals surface area contributed by atoms with Gasteiger partial charge < -0.3 is 10.0 Å². The molecule has 2 rings (SSSR count). The molecule has 1 unspecified atom stereocenters. The van der Waals surface area contributed by atoms with Crippen LogP contribution in [0, 0.1) is 0 Å². The molecule has 0 amide bonds. The molecule has 0 aliphatic carbocycles. The third-order valence-corrected chi connectivity index (χ3v) is 3.35. The fourth-order valence-electron chi connectivity index (χ4n) is 2.27. The van der Waals surface area contributed by atoms with Gasteiger partial charge in [0.05, 0.1) is 12.2 Å². The summed E-state index contributed by atoms with van der Waals surface area (Å²) in [5, 5.41) is 13.0. The first kappa shape index (κ1) is 12.1. The van der Waals surface area contributed by atoms with E-state index in [1.165, 1.54) is 0 Å². The van der Waals surface area contributed by atoms with Gasteiger partial charge in [0.1, 0.15) is 0 Å². The molecule has 0 bridgehead atoms. The maximum atomic E-state index is 10.5. The minimum Gasteiger partial charge on any atom is -0.481 e. The molecule has 5 nitrogen and oxygen atoms in total. The van der Waals surface area contributed by atoms with Crippen LogP contribution in [0.25, 0.3) is 0 Å². The number of aliphatic carboxylic acids is 1. The lowest BCUT2D eigenvalue weighted by Gasteiger charge is -2.13. The van der Waals surface area contributed by atoms with Crippen molar-refractivity contribution in [1.82, 2.24) is 14.7 Å². The first-order chi connectivity index (χ1) is 8.19. The lowest BCUT2D eigenvalue weighted by molar-refractivity contribution is -0.136. The fourth-order valence-corrected chi connectivity index (χ4v) is 2.27. The van der Waals surface area contributed by atoms with Gasteiger partial charge in [0.15, 0.2) is 0 Å². The summed E-state index contributed by atoms with van der Waals surface area (Å²) < 4.78 is 1.99. The Bertz CT molecular complexity index is 389. The Balaban J connectivity index is 1.92. The van der Waals surface area contributed by atoms with Gasteiger partial charge in [-0.25, -0.2) is 0 Å². The minimum atomic E-state index is -0.754. The van der Waals surface area contributed by atoms with Gasteiger partial charge in [-0.15, -0.1) is 0 Å². The Morgan fingerprint density at radius 3 is 3.12 bits per heavy atom. The Labute approximate surface area is 101 Å². The maximum absolute atomic E-state index is 10.5. The molecular weight excluding hydrogens is 218 g/mol.